The molecule has 3 aromatic rings. The molecule has 0 radical (unpaired) electrons. The predicted octanol–water partition coefficient (Wildman–Crippen LogP) is 2.70. The van der Waals surface area contributed by atoms with Gasteiger partial charge in [0.15, 0.2) is 0 Å². The first kappa shape index (κ1) is 16.1. The predicted molar refractivity (Wildman–Crippen MR) is 96.0 cm³/mol. The second-order valence-electron chi connectivity index (χ2n) is 6.20. The SMILES string of the molecule is CCCn1c(-c2ccc3c(c2)CCO3)nc2cc(S(N)(=O)=O)ccc21. The van der Waals surface area contributed by atoms with Gasteiger partial charge in [0.25, 0.3) is 0 Å². The van der Waals surface area contributed by atoms with Gasteiger partial charge in [-0.15, -0.1) is 0 Å². The van der Waals surface area contributed by atoms with Crippen LogP contribution < -0.4 is 9.88 Å². The highest BCUT2D eigenvalue weighted by molar-refractivity contribution is 7.89. The number of aromatic nitrogens is 2. The normalized spacial score (nSPS) is 13.8. The molecular weight excluding hydrogens is 338 g/mol. The molecule has 0 bridgehead atoms. The highest BCUT2D eigenvalue weighted by Crippen LogP contribution is 2.32. The van der Waals surface area contributed by atoms with Crippen LogP contribution in [0.25, 0.3) is 22.4 Å². The fraction of sp³-hybridized carbons (Fsp3) is 0.278. The average Bonchev–Trinajstić information content (AvgIpc) is 3.18. The molecule has 0 spiro atoms. The zero-order chi connectivity index (χ0) is 17.6. The first-order chi connectivity index (χ1) is 12.0. The maximum absolute atomic E-state index is 11.6. The van der Waals surface area contributed by atoms with Crippen molar-refractivity contribution in [2.75, 3.05) is 6.61 Å². The molecule has 0 atom stereocenters. The minimum Gasteiger partial charge on any atom is -0.493 e. The van der Waals surface area contributed by atoms with Crippen molar-refractivity contribution in [3.8, 4) is 17.1 Å². The number of primary sulfonamides is 1. The van der Waals surface area contributed by atoms with E-state index in [-0.39, 0.29) is 4.90 Å². The zero-order valence-corrected chi connectivity index (χ0v) is 14.7. The minimum absolute atomic E-state index is 0.0788. The van der Waals surface area contributed by atoms with E-state index in [1.807, 2.05) is 12.1 Å². The van der Waals surface area contributed by atoms with Crippen LogP contribution in [0.5, 0.6) is 5.75 Å². The Morgan fingerprint density at radius 1 is 1.24 bits per heavy atom. The third-order valence-electron chi connectivity index (χ3n) is 4.44. The molecule has 2 heterocycles. The Morgan fingerprint density at radius 3 is 2.84 bits per heavy atom. The molecule has 2 N–H and O–H groups in total. The molecule has 0 aliphatic carbocycles. The number of sulfonamides is 1. The molecule has 6 nitrogen and oxygen atoms in total. The topological polar surface area (TPSA) is 87.2 Å². The van der Waals surface area contributed by atoms with Gasteiger partial charge in [-0.1, -0.05) is 6.92 Å². The van der Waals surface area contributed by atoms with Crippen LogP contribution in [0.3, 0.4) is 0 Å². The summed E-state index contributed by atoms with van der Waals surface area (Å²) >= 11 is 0. The van der Waals surface area contributed by atoms with Crippen LogP contribution in [0.2, 0.25) is 0 Å². The van der Waals surface area contributed by atoms with Crippen molar-refractivity contribution in [2.45, 2.75) is 31.2 Å². The molecule has 0 saturated carbocycles. The smallest absolute Gasteiger partial charge is 0.238 e. The van der Waals surface area contributed by atoms with Gasteiger partial charge in [-0.05, 0) is 48.4 Å². The van der Waals surface area contributed by atoms with E-state index in [1.54, 1.807) is 6.07 Å². The minimum atomic E-state index is -3.75. The molecular formula is C18H19N3O3S. The standard InChI is InChI=1S/C18H19N3O3S/c1-2-8-21-16-5-4-14(25(19,22)23)11-15(16)20-18(21)13-3-6-17-12(10-13)7-9-24-17/h3-6,10-11H,2,7-9H2,1H3,(H2,19,22,23). The number of benzene rings is 2. The van der Waals surface area contributed by atoms with Crippen molar-refractivity contribution in [1.29, 1.82) is 0 Å². The van der Waals surface area contributed by atoms with E-state index in [0.717, 1.165) is 42.0 Å². The largest absolute Gasteiger partial charge is 0.493 e. The number of hydrogen-bond acceptors (Lipinski definition) is 4. The van der Waals surface area contributed by atoms with E-state index >= 15 is 0 Å². The Hall–Kier alpha value is -2.38. The molecule has 25 heavy (non-hydrogen) atoms. The van der Waals surface area contributed by atoms with Crippen molar-refractivity contribution < 1.29 is 13.2 Å². The lowest BCUT2D eigenvalue weighted by Gasteiger charge is -2.09. The molecule has 1 aromatic heterocycles. The van der Waals surface area contributed by atoms with Gasteiger partial charge in [0.05, 0.1) is 22.5 Å². The lowest BCUT2D eigenvalue weighted by molar-refractivity contribution is 0.357. The number of hydrogen-bond donors (Lipinski definition) is 1. The van der Waals surface area contributed by atoms with Gasteiger partial charge in [-0.3, -0.25) is 0 Å². The van der Waals surface area contributed by atoms with Crippen molar-refractivity contribution in [3.05, 3.63) is 42.0 Å². The van der Waals surface area contributed by atoms with Gasteiger partial charge in [-0.25, -0.2) is 18.5 Å². The van der Waals surface area contributed by atoms with Crippen LogP contribution in [-0.4, -0.2) is 24.6 Å². The van der Waals surface area contributed by atoms with Crippen LogP contribution in [0.4, 0.5) is 0 Å². The van der Waals surface area contributed by atoms with Crippen molar-refractivity contribution in [3.63, 3.8) is 0 Å². The summed E-state index contributed by atoms with van der Waals surface area (Å²) in [4.78, 5) is 4.78. The highest BCUT2D eigenvalue weighted by Gasteiger charge is 2.18. The summed E-state index contributed by atoms with van der Waals surface area (Å²) in [6.45, 7) is 3.61. The van der Waals surface area contributed by atoms with Crippen LogP contribution in [-0.2, 0) is 23.0 Å². The second kappa shape index (κ2) is 5.86. The fourth-order valence-corrected chi connectivity index (χ4v) is 3.82. The number of rotatable bonds is 4. The van der Waals surface area contributed by atoms with Crippen molar-refractivity contribution >= 4 is 21.1 Å². The lowest BCUT2D eigenvalue weighted by atomic mass is 10.1. The van der Waals surface area contributed by atoms with Crippen LogP contribution in [0.15, 0.2) is 41.3 Å². The van der Waals surface area contributed by atoms with Crippen molar-refractivity contribution in [1.82, 2.24) is 9.55 Å². The molecule has 2 aromatic carbocycles. The summed E-state index contributed by atoms with van der Waals surface area (Å²) < 4.78 is 30.9. The van der Waals surface area contributed by atoms with Crippen LogP contribution in [0.1, 0.15) is 18.9 Å². The lowest BCUT2D eigenvalue weighted by Crippen LogP contribution is -2.11. The molecule has 1 aliphatic rings. The van der Waals surface area contributed by atoms with Gasteiger partial charge in [0.2, 0.25) is 10.0 Å². The molecule has 130 valence electrons. The molecule has 0 unspecified atom stereocenters. The molecule has 7 heteroatoms. The third kappa shape index (κ3) is 2.79. The Kier molecular flexibility index (Phi) is 3.77. The van der Waals surface area contributed by atoms with Crippen LogP contribution in [0, 0.1) is 0 Å². The Labute approximate surface area is 146 Å². The summed E-state index contributed by atoms with van der Waals surface area (Å²) in [5, 5.41) is 5.25. The summed E-state index contributed by atoms with van der Waals surface area (Å²) in [6, 6.07) is 10.9. The summed E-state index contributed by atoms with van der Waals surface area (Å²) in [6.07, 6.45) is 1.84. The van der Waals surface area contributed by atoms with Crippen molar-refractivity contribution in [2.24, 2.45) is 5.14 Å². The number of ether oxygens (including phenoxy) is 1. The number of aryl methyl sites for hydroxylation is 1. The second-order valence-corrected chi connectivity index (χ2v) is 7.76. The van der Waals surface area contributed by atoms with E-state index < -0.39 is 10.0 Å². The van der Waals surface area contributed by atoms with Gasteiger partial charge in [-0.2, -0.15) is 0 Å². The maximum atomic E-state index is 11.6. The summed E-state index contributed by atoms with van der Waals surface area (Å²) in [5.74, 6) is 1.76. The van der Waals surface area contributed by atoms with Gasteiger partial charge < -0.3 is 9.30 Å². The van der Waals surface area contributed by atoms with E-state index in [1.165, 1.54) is 17.7 Å². The molecule has 0 saturated heterocycles. The Morgan fingerprint density at radius 2 is 2.08 bits per heavy atom. The highest BCUT2D eigenvalue weighted by atomic mass is 32.2. The third-order valence-corrected chi connectivity index (χ3v) is 5.35. The van der Waals surface area contributed by atoms with Gasteiger partial charge in [0.1, 0.15) is 11.6 Å². The van der Waals surface area contributed by atoms with Crippen LogP contribution >= 0.6 is 0 Å². The molecule has 0 amide bonds. The first-order valence-corrected chi connectivity index (χ1v) is 9.81. The van der Waals surface area contributed by atoms with E-state index in [9.17, 15) is 8.42 Å². The zero-order valence-electron chi connectivity index (χ0n) is 13.9. The van der Waals surface area contributed by atoms with E-state index in [2.05, 4.69) is 17.6 Å². The average molecular weight is 357 g/mol. The first-order valence-electron chi connectivity index (χ1n) is 8.26. The summed E-state index contributed by atoms with van der Waals surface area (Å²) in [5.41, 5.74) is 3.72. The number of fused-ring (bicyclic) bond motifs is 2. The van der Waals surface area contributed by atoms with E-state index in [0.29, 0.717) is 12.1 Å². The quantitative estimate of drug-likeness (QED) is 0.778. The van der Waals surface area contributed by atoms with E-state index in [4.69, 9.17) is 14.9 Å². The maximum Gasteiger partial charge on any atom is 0.238 e. The number of nitrogens with two attached hydrogens (primary N) is 1. The monoisotopic (exact) mass is 357 g/mol. The number of nitrogens with zero attached hydrogens (tertiary/aromatic N) is 2. The Bertz CT molecular complexity index is 1070. The summed E-state index contributed by atoms with van der Waals surface area (Å²) in [7, 11) is -3.75. The molecule has 0 fully saturated rings. The Balaban J connectivity index is 1.91. The fourth-order valence-electron chi connectivity index (χ4n) is 3.28. The van der Waals surface area contributed by atoms with Gasteiger partial charge >= 0.3 is 0 Å². The van der Waals surface area contributed by atoms with Gasteiger partial charge in [0, 0.05) is 18.5 Å². The molecule has 4 rings (SSSR count). The molecule has 1 aliphatic heterocycles. The number of imidazole rings is 1.